The van der Waals surface area contributed by atoms with E-state index in [2.05, 4.69) is 51.5 Å². The first-order valence-electron chi connectivity index (χ1n) is 6.77. The predicted octanol–water partition coefficient (Wildman–Crippen LogP) is 1.96. The average Bonchev–Trinajstić information content (AvgIpc) is 2.47. The van der Waals surface area contributed by atoms with Crippen LogP contribution >= 0.6 is 15.9 Å². The standard InChI is InChI=1S/C15H18BrN3O2/c1-11-3-2-4-12(9-11)5-6-17-13-10-18-19(7-8-20)15(21)14(13)16/h2-4,9-10,17,20H,5-8H2,1H3. The molecule has 2 N–H and O–H groups in total. The second kappa shape index (κ2) is 7.38. The Balaban J connectivity index is 2.00. The van der Waals surface area contributed by atoms with Crippen molar-refractivity contribution in [2.75, 3.05) is 18.5 Å². The molecule has 0 radical (unpaired) electrons. The van der Waals surface area contributed by atoms with Gasteiger partial charge < -0.3 is 10.4 Å². The van der Waals surface area contributed by atoms with Crippen LogP contribution in [0.15, 0.2) is 39.7 Å². The average molecular weight is 352 g/mol. The van der Waals surface area contributed by atoms with Crippen LogP contribution in [-0.4, -0.2) is 28.0 Å². The lowest BCUT2D eigenvalue weighted by molar-refractivity contribution is 0.266. The van der Waals surface area contributed by atoms with E-state index in [4.69, 9.17) is 5.11 Å². The molecule has 5 nitrogen and oxygen atoms in total. The summed E-state index contributed by atoms with van der Waals surface area (Å²) in [4.78, 5) is 12.0. The van der Waals surface area contributed by atoms with Crippen molar-refractivity contribution in [3.8, 4) is 0 Å². The maximum absolute atomic E-state index is 12.0. The third-order valence-electron chi connectivity index (χ3n) is 3.11. The molecular weight excluding hydrogens is 334 g/mol. The molecule has 0 saturated carbocycles. The quantitative estimate of drug-likeness (QED) is 0.834. The van der Waals surface area contributed by atoms with Gasteiger partial charge in [0.2, 0.25) is 0 Å². The molecule has 1 aromatic heterocycles. The van der Waals surface area contributed by atoms with Gasteiger partial charge in [-0.25, -0.2) is 4.68 Å². The molecule has 0 aliphatic rings. The minimum atomic E-state index is -0.246. The first kappa shape index (κ1) is 15.7. The Morgan fingerprint density at radius 1 is 1.43 bits per heavy atom. The zero-order valence-corrected chi connectivity index (χ0v) is 13.4. The number of benzene rings is 1. The summed E-state index contributed by atoms with van der Waals surface area (Å²) < 4.78 is 1.67. The Morgan fingerprint density at radius 3 is 2.95 bits per heavy atom. The summed E-state index contributed by atoms with van der Waals surface area (Å²) in [5.41, 5.74) is 2.91. The maximum Gasteiger partial charge on any atom is 0.283 e. The fraction of sp³-hybridized carbons (Fsp3) is 0.333. The number of anilines is 1. The van der Waals surface area contributed by atoms with Crippen LogP contribution in [0, 0.1) is 6.92 Å². The zero-order chi connectivity index (χ0) is 15.2. The smallest absolute Gasteiger partial charge is 0.283 e. The molecular formula is C15H18BrN3O2. The lowest BCUT2D eigenvalue weighted by atomic mass is 10.1. The van der Waals surface area contributed by atoms with Crippen LogP contribution in [0.2, 0.25) is 0 Å². The predicted molar refractivity (Wildman–Crippen MR) is 86.7 cm³/mol. The van der Waals surface area contributed by atoms with Gasteiger partial charge >= 0.3 is 0 Å². The molecule has 0 fully saturated rings. The highest BCUT2D eigenvalue weighted by molar-refractivity contribution is 9.10. The van der Waals surface area contributed by atoms with E-state index in [1.807, 2.05) is 6.07 Å². The summed E-state index contributed by atoms with van der Waals surface area (Å²) in [5.74, 6) is 0. The second-order valence-electron chi connectivity index (χ2n) is 4.79. The van der Waals surface area contributed by atoms with E-state index < -0.39 is 0 Å². The lowest BCUT2D eigenvalue weighted by Crippen LogP contribution is -2.26. The van der Waals surface area contributed by atoms with Crippen LogP contribution in [0.25, 0.3) is 0 Å². The van der Waals surface area contributed by atoms with Gasteiger partial charge in [0.1, 0.15) is 4.47 Å². The van der Waals surface area contributed by atoms with Gasteiger partial charge in [-0.2, -0.15) is 5.10 Å². The molecule has 0 aliphatic heterocycles. The molecule has 0 spiro atoms. The van der Waals surface area contributed by atoms with Crippen LogP contribution in [0.1, 0.15) is 11.1 Å². The topological polar surface area (TPSA) is 67.2 Å². The second-order valence-corrected chi connectivity index (χ2v) is 5.58. The van der Waals surface area contributed by atoms with Gasteiger partial charge in [-0.1, -0.05) is 29.8 Å². The number of hydrogen-bond acceptors (Lipinski definition) is 4. The summed E-state index contributed by atoms with van der Waals surface area (Å²) in [6, 6.07) is 8.34. The van der Waals surface area contributed by atoms with Gasteiger partial charge in [0, 0.05) is 6.54 Å². The number of nitrogens with one attached hydrogen (secondary N) is 1. The SMILES string of the molecule is Cc1cccc(CCNc2cnn(CCO)c(=O)c2Br)c1. The summed E-state index contributed by atoms with van der Waals surface area (Å²) >= 11 is 3.28. The van der Waals surface area contributed by atoms with Gasteiger partial charge in [0.05, 0.1) is 25.0 Å². The number of aliphatic hydroxyl groups is 1. The van der Waals surface area contributed by atoms with E-state index >= 15 is 0 Å². The van der Waals surface area contributed by atoms with Crippen molar-refractivity contribution in [2.45, 2.75) is 19.9 Å². The Hall–Kier alpha value is -1.66. The number of rotatable bonds is 6. The molecule has 1 aromatic carbocycles. The fourth-order valence-corrected chi connectivity index (χ4v) is 2.50. The zero-order valence-electron chi connectivity index (χ0n) is 11.8. The first-order valence-corrected chi connectivity index (χ1v) is 7.57. The molecule has 0 atom stereocenters. The molecule has 0 saturated heterocycles. The molecule has 0 aliphatic carbocycles. The molecule has 21 heavy (non-hydrogen) atoms. The molecule has 1 heterocycles. The summed E-state index contributed by atoms with van der Waals surface area (Å²) in [7, 11) is 0. The van der Waals surface area contributed by atoms with Gasteiger partial charge in [0.15, 0.2) is 0 Å². The van der Waals surface area contributed by atoms with Gasteiger partial charge in [-0.15, -0.1) is 0 Å². The number of aromatic nitrogens is 2. The van der Waals surface area contributed by atoms with Gasteiger partial charge in [0.25, 0.3) is 5.56 Å². The van der Waals surface area contributed by atoms with Crippen molar-refractivity contribution >= 4 is 21.6 Å². The Morgan fingerprint density at radius 2 is 2.24 bits per heavy atom. The largest absolute Gasteiger partial charge is 0.394 e. The third kappa shape index (κ3) is 4.15. The molecule has 0 unspecified atom stereocenters. The molecule has 0 amide bonds. The van der Waals surface area contributed by atoms with Crippen molar-refractivity contribution < 1.29 is 5.11 Å². The van der Waals surface area contributed by atoms with Gasteiger partial charge in [-0.3, -0.25) is 4.79 Å². The number of hydrogen-bond donors (Lipinski definition) is 2. The van der Waals surface area contributed by atoms with Crippen LogP contribution in [0.3, 0.4) is 0 Å². The Kier molecular flexibility index (Phi) is 5.52. The van der Waals surface area contributed by atoms with E-state index in [0.717, 1.165) is 6.42 Å². The van der Waals surface area contributed by atoms with Crippen molar-refractivity contribution in [2.24, 2.45) is 0 Å². The number of aliphatic hydroxyl groups excluding tert-OH is 1. The van der Waals surface area contributed by atoms with E-state index in [9.17, 15) is 4.79 Å². The normalized spacial score (nSPS) is 10.6. The van der Waals surface area contributed by atoms with Crippen LogP contribution in [0.4, 0.5) is 5.69 Å². The molecule has 2 rings (SSSR count). The summed E-state index contributed by atoms with van der Waals surface area (Å²) in [6.45, 7) is 2.87. The van der Waals surface area contributed by atoms with E-state index in [1.54, 1.807) is 6.20 Å². The van der Waals surface area contributed by atoms with Crippen molar-refractivity contribution in [3.63, 3.8) is 0 Å². The highest BCUT2D eigenvalue weighted by Gasteiger charge is 2.08. The molecule has 6 heteroatoms. The van der Waals surface area contributed by atoms with E-state index in [-0.39, 0.29) is 18.7 Å². The maximum atomic E-state index is 12.0. The monoisotopic (exact) mass is 351 g/mol. The highest BCUT2D eigenvalue weighted by atomic mass is 79.9. The molecule has 0 bridgehead atoms. The molecule has 112 valence electrons. The lowest BCUT2D eigenvalue weighted by Gasteiger charge is -2.10. The number of nitrogens with zero attached hydrogens (tertiary/aromatic N) is 2. The van der Waals surface area contributed by atoms with Crippen molar-refractivity contribution in [1.82, 2.24) is 9.78 Å². The number of aryl methyl sites for hydroxylation is 1. The van der Waals surface area contributed by atoms with E-state index in [1.165, 1.54) is 15.8 Å². The fourth-order valence-electron chi connectivity index (χ4n) is 2.05. The van der Waals surface area contributed by atoms with Crippen LogP contribution in [0.5, 0.6) is 0 Å². The third-order valence-corrected chi connectivity index (χ3v) is 3.87. The Bertz CT molecular complexity index is 670. The summed E-state index contributed by atoms with van der Waals surface area (Å²) in [6.07, 6.45) is 2.46. The van der Waals surface area contributed by atoms with Crippen LogP contribution in [-0.2, 0) is 13.0 Å². The first-order chi connectivity index (χ1) is 10.1. The molecule has 2 aromatic rings. The van der Waals surface area contributed by atoms with Gasteiger partial charge in [-0.05, 0) is 34.8 Å². The number of halogens is 1. The van der Waals surface area contributed by atoms with Crippen LogP contribution < -0.4 is 10.9 Å². The van der Waals surface area contributed by atoms with E-state index in [0.29, 0.717) is 16.7 Å². The Labute approximate surface area is 131 Å². The summed E-state index contributed by atoms with van der Waals surface area (Å²) in [5, 5.41) is 16.1. The van der Waals surface area contributed by atoms with Crippen molar-refractivity contribution in [3.05, 3.63) is 56.4 Å². The highest BCUT2D eigenvalue weighted by Crippen LogP contribution is 2.16. The minimum Gasteiger partial charge on any atom is -0.394 e. The minimum absolute atomic E-state index is 0.112. The van der Waals surface area contributed by atoms with Crippen molar-refractivity contribution in [1.29, 1.82) is 0 Å².